The first-order valence-electron chi connectivity index (χ1n) is 6.10. The normalized spacial score (nSPS) is 11.2. The molecule has 112 valence electrons. The summed E-state index contributed by atoms with van der Waals surface area (Å²) in [7, 11) is -3.72. The maximum atomic E-state index is 12.5. The van der Waals surface area contributed by atoms with Gasteiger partial charge in [-0.15, -0.1) is 0 Å². The Labute approximate surface area is 142 Å². The molecule has 2 N–H and O–H groups in total. The third kappa shape index (κ3) is 3.98. The minimum atomic E-state index is -3.72. The number of nitrogens with one attached hydrogen (secondary N) is 2. The second-order valence-corrected chi connectivity index (χ2v) is 7.38. The zero-order chi connectivity index (χ0) is 15.5. The number of hydrogen-bond acceptors (Lipinski definition) is 4. The minimum Gasteiger partial charge on any atom is -0.384 e. The SMILES string of the molecule is CCNc1ccncc1S(=O)(=O)Nc1ccc(Cl)cc1I. The first kappa shape index (κ1) is 16.3. The van der Waals surface area contributed by atoms with Gasteiger partial charge in [-0.3, -0.25) is 9.71 Å². The van der Waals surface area contributed by atoms with Crippen LogP contribution in [0.2, 0.25) is 5.02 Å². The number of anilines is 2. The standard InChI is InChI=1S/C13H13ClIN3O2S/c1-2-17-12-5-6-16-8-13(12)21(19,20)18-11-4-3-9(14)7-10(11)15/h3-8,18H,2H2,1H3,(H,16,17). The summed E-state index contributed by atoms with van der Waals surface area (Å²) in [6, 6.07) is 6.58. The number of hydrogen-bond donors (Lipinski definition) is 2. The molecule has 1 heterocycles. The average molecular weight is 438 g/mol. The van der Waals surface area contributed by atoms with Crippen molar-refractivity contribution in [3.8, 4) is 0 Å². The van der Waals surface area contributed by atoms with Crippen molar-refractivity contribution in [3.05, 3.63) is 45.3 Å². The predicted octanol–water partition coefficient (Wildman–Crippen LogP) is 3.57. The maximum absolute atomic E-state index is 12.5. The molecule has 0 saturated carbocycles. The summed E-state index contributed by atoms with van der Waals surface area (Å²) in [5.41, 5.74) is 0.996. The van der Waals surface area contributed by atoms with Crippen molar-refractivity contribution in [2.45, 2.75) is 11.8 Å². The van der Waals surface area contributed by atoms with Gasteiger partial charge in [0.15, 0.2) is 0 Å². The van der Waals surface area contributed by atoms with Gasteiger partial charge in [-0.05, 0) is 53.8 Å². The van der Waals surface area contributed by atoms with Crippen LogP contribution in [0.15, 0.2) is 41.6 Å². The van der Waals surface area contributed by atoms with Gasteiger partial charge in [-0.25, -0.2) is 8.42 Å². The third-order valence-electron chi connectivity index (χ3n) is 2.62. The Morgan fingerprint density at radius 3 is 2.71 bits per heavy atom. The van der Waals surface area contributed by atoms with E-state index in [9.17, 15) is 8.42 Å². The van der Waals surface area contributed by atoms with Gasteiger partial charge in [-0.2, -0.15) is 0 Å². The molecule has 0 amide bonds. The highest BCUT2D eigenvalue weighted by atomic mass is 127. The maximum Gasteiger partial charge on any atom is 0.265 e. The molecule has 0 aliphatic heterocycles. The quantitative estimate of drug-likeness (QED) is 0.702. The molecule has 0 spiro atoms. The van der Waals surface area contributed by atoms with Crippen molar-refractivity contribution in [3.63, 3.8) is 0 Å². The fourth-order valence-corrected chi connectivity index (χ4v) is 4.10. The molecule has 0 unspecified atom stereocenters. The highest BCUT2D eigenvalue weighted by Crippen LogP contribution is 2.27. The van der Waals surface area contributed by atoms with Gasteiger partial charge in [0.05, 0.1) is 11.4 Å². The van der Waals surface area contributed by atoms with Gasteiger partial charge in [0.2, 0.25) is 0 Å². The van der Waals surface area contributed by atoms with Crippen molar-refractivity contribution in [1.82, 2.24) is 4.98 Å². The van der Waals surface area contributed by atoms with Gasteiger partial charge < -0.3 is 5.32 Å². The summed E-state index contributed by atoms with van der Waals surface area (Å²) in [6.45, 7) is 2.51. The Balaban J connectivity index is 2.39. The molecule has 1 aromatic heterocycles. The second-order valence-electron chi connectivity index (χ2n) is 4.13. The van der Waals surface area contributed by atoms with E-state index in [0.29, 0.717) is 22.9 Å². The molecule has 2 rings (SSSR count). The van der Waals surface area contributed by atoms with Crippen LogP contribution in [-0.4, -0.2) is 19.9 Å². The van der Waals surface area contributed by atoms with Gasteiger partial charge in [-0.1, -0.05) is 11.6 Å². The Hall–Kier alpha value is -1.06. The predicted molar refractivity (Wildman–Crippen MR) is 93.4 cm³/mol. The number of pyridine rings is 1. The molecule has 2 aromatic rings. The van der Waals surface area contributed by atoms with Crippen molar-refractivity contribution in [2.24, 2.45) is 0 Å². The van der Waals surface area contributed by atoms with E-state index in [4.69, 9.17) is 11.6 Å². The number of rotatable bonds is 5. The van der Waals surface area contributed by atoms with Crippen LogP contribution in [0.1, 0.15) is 6.92 Å². The lowest BCUT2D eigenvalue weighted by atomic mass is 10.3. The Kier molecular flexibility index (Phi) is 5.28. The summed E-state index contributed by atoms with van der Waals surface area (Å²) in [6.07, 6.45) is 2.87. The van der Waals surface area contributed by atoms with Gasteiger partial charge in [0.25, 0.3) is 10.0 Å². The van der Waals surface area contributed by atoms with Crippen molar-refractivity contribution in [2.75, 3.05) is 16.6 Å². The summed E-state index contributed by atoms with van der Waals surface area (Å²) in [4.78, 5) is 4.00. The molecule has 0 atom stereocenters. The molecule has 0 bridgehead atoms. The Bertz CT molecular complexity index is 753. The molecule has 5 nitrogen and oxygen atoms in total. The van der Waals surface area contributed by atoms with Crippen LogP contribution >= 0.6 is 34.2 Å². The van der Waals surface area contributed by atoms with Crippen LogP contribution in [0.5, 0.6) is 0 Å². The second kappa shape index (κ2) is 6.80. The lowest BCUT2D eigenvalue weighted by molar-refractivity contribution is 0.601. The molecule has 0 aliphatic rings. The molecule has 0 saturated heterocycles. The molecule has 1 aromatic carbocycles. The lowest BCUT2D eigenvalue weighted by Crippen LogP contribution is -2.16. The Morgan fingerprint density at radius 2 is 2.05 bits per heavy atom. The largest absolute Gasteiger partial charge is 0.384 e. The topological polar surface area (TPSA) is 71.1 Å². The summed E-state index contributed by atoms with van der Waals surface area (Å²) in [5.74, 6) is 0. The Morgan fingerprint density at radius 1 is 1.29 bits per heavy atom. The fraction of sp³-hybridized carbons (Fsp3) is 0.154. The number of sulfonamides is 1. The molecule has 8 heteroatoms. The van der Waals surface area contributed by atoms with E-state index in [1.807, 2.05) is 29.5 Å². The van der Waals surface area contributed by atoms with Crippen molar-refractivity contribution < 1.29 is 8.42 Å². The number of nitrogens with zero attached hydrogens (tertiary/aromatic N) is 1. The third-order valence-corrected chi connectivity index (χ3v) is 5.14. The highest BCUT2D eigenvalue weighted by molar-refractivity contribution is 14.1. The average Bonchev–Trinajstić information content (AvgIpc) is 2.43. The van der Waals surface area contributed by atoms with Gasteiger partial charge in [0, 0.05) is 27.5 Å². The van der Waals surface area contributed by atoms with E-state index < -0.39 is 10.0 Å². The summed E-state index contributed by atoms with van der Waals surface area (Å²) >= 11 is 7.90. The number of aromatic nitrogens is 1. The van der Waals surface area contributed by atoms with Crippen LogP contribution < -0.4 is 10.0 Å². The van der Waals surface area contributed by atoms with E-state index in [2.05, 4.69) is 15.0 Å². The van der Waals surface area contributed by atoms with Crippen LogP contribution in [0.3, 0.4) is 0 Å². The van der Waals surface area contributed by atoms with Crippen LogP contribution in [0, 0.1) is 3.57 Å². The highest BCUT2D eigenvalue weighted by Gasteiger charge is 2.19. The van der Waals surface area contributed by atoms with Gasteiger partial charge >= 0.3 is 0 Å². The number of benzene rings is 1. The number of halogens is 2. The molecule has 0 radical (unpaired) electrons. The zero-order valence-electron chi connectivity index (χ0n) is 11.1. The summed E-state index contributed by atoms with van der Waals surface area (Å²) in [5, 5.41) is 3.56. The summed E-state index contributed by atoms with van der Waals surface area (Å²) < 4.78 is 28.3. The van der Waals surface area contributed by atoms with Crippen LogP contribution in [0.4, 0.5) is 11.4 Å². The molecule has 0 aliphatic carbocycles. The van der Waals surface area contributed by atoms with Crippen molar-refractivity contribution in [1.29, 1.82) is 0 Å². The fourth-order valence-electron chi connectivity index (χ4n) is 1.70. The van der Waals surface area contributed by atoms with Crippen LogP contribution in [0.25, 0.3) is 0 Å². The molecule has 21 heavy (non-hydrogen) atoms. The van der Waals surface area contributed by atoms with Crippen LogP contribution in [-0.2, 0) is 10.0 Å². The molecular weight excluding hydrogens is 425 g/mol. The smallest absolute Gasteiger partial charge is 0.265 e. The molecular formula is C13H13ClIN3O2S. The van der Waals surface area contributed by atoms with E-state index >= 15 is 0 Å². The van der Waals surface area contributed by atoms with Crippen molar-refractivity contribution >= 4 is 55.6 Å². The monoisotopic (exact) mass is 437 g/mol. The first-order chi connectivity index (χ1) is 9.94. The van der Waals surface area contributed by atoms with Gasteiger partial charge in [0.1, 0.15) is 4.90 Å². The molecule has 0 fully saturated rings. The first-order valence-corrected chi connectivity index (χ1v) is 9.04. The van der Waals surface area contributed by atoms with E-state index in [0.717, 1.165) is 3.57 Å². The van der Waals surface area contributed by atoms with E-state index in [-0.39, 0.29) is 4.90 Å². The zero-order valence-corrected chi connectivity index (χ0v) is 14.8. The van der Waals surface area contributed by atoms with E-state index in [1.54, 1.807) is 30.5 Å². The van der Waals surface area contributed by atoms with E-state index in [1.165, 1.54) is 6.20 Å². The minimum absolute atomic E-state index is 0.109. The lowest BCUT2D eigenvalue weighted by Gasteiger charge is -2.13.